The van der Waals surface area contributed by atoms with Crippen LogP contribution in [0.15, 0.2) is 0 Å². The number of ether oxygens (including phenoxy) is 2. The summed E-state index contributed by atoms with van der Waals surface area (Å²) in [4.78, 5) is 0. The molecule has 0 unspecified atom stereocenters. The van der Waals surface area contributed by atoms with Gasteiger partial charge in [0.1, 0.15) is 0 Å². The molecule has 2 aliphatic rings. The molecule has 76 valence electrons. The third-order valence-electron chi connectivity index (χ3n) is 3.86. The normalized spacial score (nSPS) is 34.8. The van der Waals surface area contributed by atoms with E-state index in [1.54, 1.807) is 0 Å². The Hall–Kier alpha value is -0.0800. The summed E-state index contributed by atoms with van der Waals surface area (Å²) in [5, 5.41) is 0. The molecule has 0 bridgehead atoms. The van der Waals surface area contributed by atoms with Crippen LogP contribution in [0.25, 0.3) is 0 Å². The molecule has 1 heterocycles. The maximum atomic E-state index is 5.97. The van der Waals surface area contributed by atoms with Gasteiger partial charge in [0.25, 0.3) is 0 Å². The maximum absolute atomic E-state index is 5.97. The van der Waals surface area contributed by atoms with Gasteiger partial charge in [-0.3, -0.25) is 0 Å². The lowest BCUT2D eigenvalue weighted by Gasteiger charge is -2.30. The van der Waals surface area contributed by atoms with E-state index in [-0.39, 0.29) is 17.5 Å². The highest BCUT2D eigenvalue weighted by atomic mass is 16.7. The first kappa shape index (κ1) is 9.47. The average molecular weight is 184 g/mol. The predicted molar refractivity (Wildman–Crippen MR) is 51.5 cm³/mol. The van der Waals surface area contributed by atoms with Crippen molar-refractivity contribution in [3.63, 3.8) is 0 Å². The fourth-order valence-electron chi connectivity index (χ4n) is 1.56. The molecule has 0 atom stereocenters. The minimum Gasteiger partial charge on any atom is -0.343 e. The van der Waals surface area contributed by atoms with Crippen molar-refractivity contribution >= 4 is 0 Å². The van der Waals surface area contributed by atoms with Crippen molar-refractivity contribution in [1.29, 1.82) is 0 Å². The Kier molecular flexibility index (Phi) is 1.67. The van der Waals surface area contributed by atoms with Crippen molar-refractivity contribution in [2.24, 2.45) is 5.41 Å². The van der Waals surface area contributed by atoms with Crippen LogP contribution in [0, 0.1) is 5.41 Å². The van der Waals surface area contributed by atoms with E-state index in [0.29, 0.717) is 5.41 Å². The van der Waals surface area contributed by atoms with E-state index in [4.69, 9.17) is 9.47 Å². The van der Waals surface area contributed by atoms with Crippen LogP contribution in [0.3, 0.4) is 0 Å². The van der Waals surface area contributed by atoms with Gasteiger partial charge in [-0.25, -0.2) is 0 Å². The van der Waals surface area contributed by atoms with Crippen LogP contribution in [0.2, 0.25) is 0 Å². The fraction of sp³-hybridized carbons (Fsp3) is 1.00. The van der Waals surface area contributed by atoms with Gasteiger partial charge in [-0.05, 0) is 40.5 Å². The van der Waals surface area contributed by atoms with Crippen molar-refractivity contribution in [3.8, 4) is 0 Å². The number of hydrogen-bond acceptors (Lipinski definition) is 2. The number of rotatable bonds is 1. The summed E-state index contributed by atoms with van der Waals surface area (Å²) < 4.78 is 11.9. The van der Waals surface area contributed by atoms with Gasteiger partial charge in [0.15, 0.2) is 6.29 Å². The van der Waals surface area contributed by atoms with E-state index in [2.05, 4.69) is 34.6 Å². The molecule has 2 fully saturated rings. The lowest BCUT2D eigenvalue weighted by Crippen LogP contribution is -2.41. The monoisotopic (exact) mass is 184 g/mol. The lowest BCUT2D eigenvalue weighted by molar-refractivity contribution is -0.127. The highest BCUT2D eigenvalue weighted by Crippen LogP contribution is 2.55. The molecule has 0 aromatic heterocycles. The Bertz CT molecular complexity index is 210. The summed E-state index contributed by atoms with van der Waals surface area (Å²) in [7, 11) is 0. The van der Waals surface area contributed by atoms with Gasteiger partial charge in [0.2, 0.25) is 0 Å². The second-order valence-electron chi connectivity index (χ2n) is 5.74. The second kappa shape index (κ2) is 2.29. The van der Waals surface area contributed by atoms with E-state index in [1.807, 2.05) is 0 Å². The van der Waals surface area contributed by atoms with Crippen molar-refractivity contribution in [2.45, 2.75) is 65.0 Å². The van der Waals surface area contributed by atoms with Gasteiger partial charge in [-0.1, -0.05) is 6.92 Å². The molecular weight excluding hydrogens is 164 g/mol. The summed E-state index contributed by atoms with van der Waals surface area (Å²) in [5.74, 6) is 0. The molecule has 13 heavy (non-hydrogen) atoms. The predicted octanol–water partition coefficient (Wildman–Crippen LogP) is 2.72. The van der Waals surface area contributed by atoms with Crippen molar-refractivity contribution < 1.29 is 9.47 Å². The van der Waals surface area contributed by atoms with E-state index >= 15 is 0 Å². The van der Waals surface area contributed by atoms with Crippen LogP contribution in [0.1, 0.15) is 47.5 Å². The van der Waals surface area contributed by atoms with Crippen LogP contribution < -0.4 is 0 Å². The van der Waals surface area contributed by atoms with Crippen LogP contribution >= 0.6 is 0 Å². The third kappa shape index (κ3) is 1.31. The summed E-state index contributed by atoms with van der Waals surface area (Å²) in [6.07, 6.45) is 2.49. The molecule has 0 amide bonds. The van der Waals surface area contributed by atoms with Gasteiger partial charge in [0.05, 0.1) is 11.2 Å². The molecule has 0 N–H and O–H groups in total. The van der Waals surface area contributed by atoms with E-state index < -0.39 is 0 Å². The minimum absolute atomic E-state index is 0.0116. The SMILES string of the molecule is CC1(C2OC(C)(C)C(C)(C)O2)CC1. The fourth-order valence-corrected chi connectivity index (χ4v) is 1.56. The molecule has 0 aromatic rings. The summed E-state index contributed by atoms with van der Waals surface area (Å²) in [5.41, 5.74) is -0.0302. The molecule has 2 nitrogen and oxygen atoms in total. The molecule has 1 saturated heterocycles. The Labute approximate surface area is 80.6 Å². The van der Waals surface area contributed by atoms with Gasteiger partial charge < -0.3 is 9.47 Å². The lowest BCUT2D eigenvalue weighted by atomic mass is 9.90. The smallest absolute Gasteiger partial charge is 0.164 e. The second-order valence-corrected chi connectivity index (χ2v) is 5.74. The largest absolute Gasteiger partial charge is 0.343 e. The van der Waals surface area contributed by atoms with Crippen LogP contribution in [-0.4, -0.2) is 17.5 Å². The third-order valence-corrected chi connectivity index (χ3v) is 3.86. The molecule has 1 aliphatic carbocycles. The molecule has 0 aromatic carbocycles. The summed E-state index contributed by atoms with van der Waals surface area (Å²) >= 11 is 0. The highest BCUT2D eigenvalue weighted by molar-refractivity contribution is 5.02. The van der Waals surface area contributed by atoms with Gasteiger partial charge in [-0.15, -0.1) is 0 Å². The molecule has 1 saturated carbocycles. The van der Waals surface area contributed by atoms with Crippen molar-refractivity contribution in [3.05, 3.63) is 0 Å². The first-order chi connectivity index (χ1) is 5.77. The topological polar surface area (TPSA) is 18.5 Å². The summed E-state index contributed by atoms with van der Waals surface area (Å²) in [6.45, 7) is 10.7. The zero-order chi connectivity index (χ0) is 9.91. The van der Waals surface area contributed by atoms with Gasteiger partial charge >= 0.3 is 0 Å². The zero-order valence-corrected chi connectivity index (χ0v) is 9.31. The average Bonchev–Trinajstić information content (AvgIpc) is 2.61. The first-order valence-corrected chi connectivity index (χ1v) is 5.13. The van der Waals surface area contributed by atoms with Gasteiger partial charge in [0, 0.05) is 5.41 Å². The van der Waals surface area contributed by atoms with Crippen molar-refractivity contribution in [2.75, 3.05) is 0 Å². The Morgan fingerprint density at radius 2 is 1.23 bits per heavy atom. The van der Waals surface area contributed by atoms with Crippen molar-refractivity contribution in [1.82, 2.24) is 0 Å². The maximum Gasteiger partial charge on any atom is 0.164 e. The molecule has 2 heteroatoms. The molecule has 1 aliphatic heterocycles. The molecule has 0 radical (unpaired) electrons. The highest BCUT2D eigenvalue weighted by Gasteiger charge is 2.58. The number of hydrogen-bond donors (Lipinski definition) is 0. The Morgan fingerprint density at radius 3 is 1.54 bits per heavy atom. The quantitative estimate of drug-likeness (QED) is 0.624. The van der Waals surface area contributed by atoms with E-state index in [9.17, 15) is 0 Å². The summed E-state index contributed by atoms with van der Waals surface area (Å²) in [6, 6.07) is 0. The zero-order valence-electron chi connectivity index (χ0n) is 9.31. The van der Waals surface area contributed by atoms with E-state index in [0.717, 1.165) is 0 Å². The van der Waals surface area contributed by atoms with Crippen LogP contribution in [0.5, 0.6) is 0 Å². The molecule has 0 spiro atoms. The molecular formula is C11H20O2. The van der Waals surface area contributed by atoms with Crippen LogP contribution in [-0.2, 0) is 9.47 Å². The minimum atomic E-state index is -0.163. The standard InChI is InChI=1S/C11H20O2/c1-9(2)10(3,4)13-8(12-9)11(5)6-7-11/h8H,6-7H2,1-5H3. The van der Waals surface area contributed by atoms with Crippen LogP contribution in [0.4, 0.5) is 0 Å². The Morgan fingerprint density at radius 1 is 0.846 bits per heavy atom. The van der Waals surface area contributed by atoms with Gasteiger partial charge in [-0.2, -0.15) is 0 Å². The first-order valence-electron chi connectivity index (χ1n) is 5.13. The van der Waals surface area contributed by atoms with E-state index in [1.165, 1.54) is 12.8 Å². The molecule has 2 rings (SSSR count). The Balaban J connectivity index is 2.15.